The molecule has 106 valence electrons. The summed E-state index contributed by atoms with van der Waals surface area (Å²) in [5.41, 5.74) is 1.23. The first kappa shape index (κ1) is 15.3. The average molecular weight is 322 g/mol. The summed E-state index contributed by atoms with van der Waals surface area (Å²) in [7, 11) is 0. The van der Waals surface area contributed by atoms with E-state index in [0.717, 1.165) is 17.5 Å². The van der Waals surface area contributed by atoms with E-state index in [4.69, 9.17) is 27.4 Å². The molecule has 1 aromatic carbocycles. The summed E-state index contributed by atoms with van der Waals surface area (Å²) in [6.07, 6.45) is 0.735. The van der Waals surface area contributed by atoms with Crippen molar-refractivity contribution in [1.82, 2.24) is 4.31 Å². The van der Waals surface area contributed by atoms with Crippen molar-refractivity contribution in [2.24, 2.45) is 0 Å². The van der Waals surface area contributed by atoms with Crippen LogP contribution in [0.15, 0.2) is 18.2 Å². The third kappa shape index (κ3) is 2.83. The Balaban J connectivity index is 2.34. The summed E-state index contributed by atoms with van der Waals surface area (Å²) < 4.78 is 19.2. The molecule has 1 aliphatic rings. The summed E-state index contributed by atoms with van der Waals surface area (Å²) in [5.74, 6) is 0. The van der Waals surface area contributed by atoms with E-state index in [2.05, 4.69) is 0 Å². The van der Waals surface area contributed by atoms with Gasteiger partial charge < -0.3 is 0 Å². The normalized spacial score (nSPS) is 29.6. The highest BCUT2D eigenvalue weighted by Gasteiger charge is 2.42. The average Bonchev–Trinajstić information content (AvgIpc) is 2.63. The molecule has 4 unspecified atom stereocenters. The van der Waals surface area contributed by atoms with E-state index < -0.39 is 16.8 Å². The molecule has 1 aliphatic heterocycles. The van der Waals surface area contributed by atoms with E-state index in [9.17, 15) is 4.21 Å². The molecule has 1 saturated heterocycles. The molecule has 0 N–H and O–H groups in total. The van der Waals surface area contributed by atoms with Gasteiger partial charge in [0.2, 0.25) is 11.3 Å². The zero-order valence-corrected chi connectivity index (χ0v) is 13.4. The zero-order chi connectivity index (χ0) is 14.2. The van der Waals surface area contributed by atoms with Gasteiger partial charge in [0, 0.05) is 10.6 Å². The van der Waals surface area contributed by atoms with Gasteiger partial charge in [-0.15, -0.1) is 0 Å². The molecule has 1 fully saturated rings. The first-order chi connectivity index (χ1) is 8.97. The monoisotopic (exact) mass is 321 g/mol. The number of hydrogen-bond acceptors (Lipinski definition) is 2. The molecule has 0 aromatic heterocycles. The lowest BCUT2D eigenvalue weighted by molar-refractivity contribution is 0.198. The van der Waals surface area contributed by atoms with Gasteiger partial charge in [-0.05, 0) is 31.9 Å². The number of halogens is 2. The molecule has 2 rings (SSSR count). The Labute approximate surface area is 126 Å². The van der Waals surface area contributed by atoms with Gasteiger partial charge in [-0.3, -0.25) is 4.18 Å². The predicted octanol–water partition coefficient (Wildman–Crippen LogP) is 3.96. The lowest BCUT2D eigenvalue weighted by Gasteiger charge is -2.26. The van der Waals surface area contributed by atoms with Gasteiger partial charge >= 0.3 is 0 Å². The molecule has 0 amide bonds. The van der Waals surface area contributed by atoms with Crippen LogP contribution >= 0.6 is 23.2 Å². The number of rotatable bonds is 3. The molecule has 6 heteroatoms. The van der Waals surface area contributed by atoms with Crippen LogP contribution in [0.3, 0.4) is 0 Å². The lowest BCUT2D eigenvalue weighted by atomic mass is 10.1. The van der Waals surface area contributed by atoms with Crippen LogP contribution in [0.4, 0.5) is 0 Å². The van der Waals surface area contributed by atoms with Gasteiger partial charge in [0.15, 0.2) is 0 Å². The van der Waals surface area contributed by atoms with Gasteiger partial charge in [0.1, 0.15) is 5.50 Å². The highest BCUT2D eigenvalue weighted by Crippen LogP contribution is 2.39. The molecule has 0 aliphatic carbocycles. The molecule has 0 saturated carbocycles. The first-order valence-corrected chi connectivity index (χ1v) is 8.08. The number of alkyl halides is 1. The van der Waals surface area contributed by atoms with Crippen LogP contribution in [-0.2, 0) is 15.4 Å². The molecule has 1 heterocycles. The van der Waals surface area contributed by atoms with Crippen LogP contribution < -0.4 is 0 Å². The summed E-state index contributed by atoms with van der Waals surface area (Å²) in [6.45, 7) is 5.92. The maximum absolute atomic E-state index is 12.1. The molecule has 0 spiro atoms. The molecule has 4 atom stereocenters. The second-order valence-electron chi connectivity index (χ2n) is 4.67. The maximum atomic E-state index is 12.1. The fraction of sp³-hybridized carbons (Fsp3) is 0.538. The van der Waals surface area contributed by atoms with Gasteiger partial charge in [-0.25, -0.2) is 4.21 Å². The van der Waals surface area contributed by atoms with Gasteiger partial charge in [-0.2, -0.15) is 4.31 Å². The minimum Gasteiger partial charge on any atom is -0.273 e. The Morgan fingerprint density at radius 2 is 2.21 bits per heavy atom. The van der Waals surface area contributed by atoms with Crippen molar-refractivity contribution in [3.8, 4) is 0 Å². The van der Waals surface area contributed by atoms with Crippen LogP contribution in [0.5, 0.6) is 0 Å². The third-order valence-electron chi connectivity index (χ3n) is 3.45. The fourth-order valence-corrected chi connectivity index (χ4v) is 4.62. The van der Waals surface area contributed by atoms with Crippen molar-refractivity contribution < 1.29 is 8.39 Å². The molecule has 3 nitrogen and oxygen atoms in total. The van der Waals surface area contributed by atoms with E-state index in [1.165, 1.54) is 0 Å². The van der Waals surface area contributed by atoms with E-state index in [-0.39, 0.29) is 12.1 Å². The Bertz CT molecular complexity index is 477. The van der Waals surface area contributed by atoms with Crippen LogP contribution in [0.2, 0.25) is 5.02 Å². The fourth-order valence-electron chi connectivity index (χ4n) is 2.30. The standard InChI is InChI=1S/C13H17Cl2NO2S/c1-4-11-9(3)16(19(17)18-11)13(15)12-8(2)6-5-7-10(12)14/h5-7,9,11,13H,4H2,1-3H3. The first-order valence-electron chi connectivity index (χ1n) is 6.23. The molecule has 0 bridgehead atoms. The number of benzene rings is 1. The Kier molecular flexibility index (Phi) is 4.90. The summed E-state index contributed by atoms with van der Waals surface area (Å²) in [6, 6.07) is 5.60. The van der Waals surface area contributed by atoms with E-state index in [1.807, 2.05) is 32.9 Å². The van der Waals surface area contributed by atoms with E-state index in [1.54, 1.807) is 10.4 Å². The van der Waals surface area contributed by atoms with Crippen molar-refractivity contribution in [3.05, 3.63) is 34.3 Å². The Morgan fingerprint density at radius 3 is 2.74 bits per heavy atom. The largest absolute Gasteiger partial charge is 0.273 e. The van der Waals surface area contributed by atoms with Crippen LogP contribution in [0.25, 0.3) is 0 Å². The van der Waals surface area contributed by atoms with Crippen molar-refractivity contribution in [2.75, 3.05) is 0 Å². The predicted molar refractivity (Wildman–Crippen MR) is 79.4 cm³/mol. The van der Waals surface area contributed by atoms with Gasteiger partial charge in [-0.1, -0.05) is 42.3 Å². The highest BCUT2D eigenvalue weighted by atomic mass is 35.5. The number of aryl methyl sites for hydroxylation is 1. The van der Waals surface area contributed by atoms with Gasteiger partial charge in [0.05, 0.1) is 12.1 Å². The summed E-state index contributed by atoms with van der Waals surface area (Å²) in [4.78, 5) is 0. The lowest BCUT2D eigenvalue weighted by Crippen LogP contribution is -2.34. The van der Waals surface area contributed by atoms with E-state index in [0.29, 0.717) is 5.02 Å². The number of hydrogen-bond donors (Lipinski definition) is 0. The topological polar surface area (TPSA) is 29.5 Å². The van der Waals surface area contributed by atoms with Crippen LogP contribution in [-0.4, -0.2) is 20.7 Å². The maximum Gasteiger partial charge on any atom is 0.239 e. The van der Waals surface area contributed by atoms with E-state index >= 15 is 0 Å². The smallest absolute Gasteiger partial charge is 0.239 e. The zero-order valence-electron chi connectivity index (χ0n) is 11.1. The molecular formula is C13H17Cl2NO2S. The molecule has 1 aromatic rings. The second-order valence-corrected chi connectivity index (χ2v) is 6.54. The third-order valence-corrected chi connectivity index (χ3v) is 5.63. The van der Waals surface area contributed by atoms with Crippen LogP contribution in [0, 0.1) is 6.92 Å². The quantitative estimate of drug-likeness (QED) is 0.623. The van der Waals surface area contributed by atoms with Crippen molar-refractivity contribution in [3.63, 3.8) is 0 Å². The second kappa shape index (κ2) is 6.10. The number of nitrogens with zero attached hydrogens (tertiary/aromatic N) is 1. The molecule has 19 heavy (non-hydrogen) atoms. The Morgan fingerprint density at radius 1 is 1.53 bits per heavy atom. The summed E-state index contributed by atoms with van der Waals surface area (Å²) in [5, 5.41) is 0.587. The molecule has 0 radical (unpaired) electrons. The minimum atomic E-state index is -1.53. The van der Waals surface area contributed by atoms with Gasteiger partial charge in [0.25, 0.3) is 0 Å². The summed E-state index contributed by atoms with van der Waals surface area (Å²) >= 11 is 11.2. The van der Waals surface area contributed by atoms with Crippen molar-refractivity contribution in [1.29, 1.82) is 0 Å². The SMILES string of the molecule is CCC1OS(=O)N(C(Cl)c2c(C)cccc2Cl)C1C. The van der Waals surface area contributed by atoms with Crippen LogP contribution in [0.1, 0.15) is 36.9 Å². The Hall–Kier alpha value is -0.130. The van der Waals surface area contributed by atoms with Crippen molar-refractivity contribution >= 4 is 34.5 Å². The van der Waals surface area contributed by atoms with Crippen molar-refractivity contribution in [2.45, 2.75) is 44.8 Å². The minimum absolute atomic E-state index is 0.0102. The highest BCUT2D eigenvalue weighted by molar-refractivity contribution is 7.78. The molecular weight excluding hydrogens is 305 g/mol.